The van der Waals surface area contributed by atoms with Crippen molar-refractivity contribution in [2.24, 2.45) is 5.73 Å². The molecule has 0 unspecified atom stereocenters. The summed E-state index contributed by atoms with van der Waals surface area (Å²) in [7, 11) is 0. The molecule has 2 N–H and O–H groups in total. The molecule has 2 heterocycles. The van der Waals surface area contributed by atoms with Gasteiger partial charge in [-0.1, -0.05) is 13.8 Å². The third-order valence-corrected chi connectivity index (χ3v) is 2.43. The van der Waals surface area contributed by atoms with Gasteiger partial charge in [0.2, 0.25) is 0 Å². The van der Waals surface area contributed by atoms with Crippen LogP contribution in [0.1, 0.15) is 37.8 Å². The monoisotopic (exact) mass is 180 g/mol. The zero-order valence-electron chi connectivity index (χ0n) is 8.20. The fourth-order valence-corrected chi connectivity index (χ4v) is 1.60. The van der Waals surface area contributed by atoms with Crippen molar-refractivity contribution >= 4 is 0 Å². The molecule has 4 nitrogen and oxygen atoms in total. The average Bonchev–Trinajstić information content (AvgIpc) is 2.46. The van der Waals surface area contributed by atoms with Crippen molar-refractivity contribution in [1.29, 1.82) is 0 Å². The summed E-state index contributed by atoms with van der Waals surface area (Å²) < 4.78 is 1.96. The SMILES string of the molecule is CC(C)c1nc2n(n1)C[C@H](N)CC2. The van der Waals surface area contributed by atoms with Gasteiger partial charge in [-0.15, -0.1) is 0 Å². The van der Waals surface area contributed by atoms with Crippen LogP contribution in [0, 0.1) is 0 Å². The van der Waals surface area contributed by atoms with E-state index in [2.05, 4.69) is 23.9 Å². The van der Waals surface area contributed by atoms with E-state index in [1.165, 1.54) is 0 Å². The van der Waals surface area contributed by atoms with Crippen LogP contribution in [-0.2, 0) is 13.0 Å². The molecule has 0 saturated heterocycles. The number of nitrogens with zero attached hydrogens (tertiary/aromatic N) is 3. The van der Waals surface area contributed by atoms with Crippen LogP contribution in [0.25, 0.3) is 0 Å². The molecule has 0 fully saturated rings. The third-order valence-electron chi connectivity index (χ3n) is 2.43. The van der Waals surface area contributed by atoms with E-state index >= 15 is 0 Å². The molecule has 72 valence electrons. The van der Waals surface area contributed by atoms with Crippen LogP contribution < -0.4 is 5.73 Å². The molecule has 0 saturated carbocycles. The number of fused-ring (bicyclic) bond motifs is 1. The van der Waals surface area contributed by atoms with Crippen molar-refractivity contribution in [3.8, 4) is 0 Å². The molecule has 4 heteroatoms. The molecule has 0 bridgehead atoms. The van der Waals surface area contributed by atoms with Gasteiger partial charge in [0, 0.05) is 18.4 Å². The summed E-state index contributed by atoms with van der Waals surface area (Å²) in [4.78, 5) is 4.48. The van der Waals surface area contributed by atoms with Gasteiger partial charge in [0.1, 0.15) is 5.82 Å². The molecule has 1 aliphatic heterocycles. The Labute approximate surface area is 78.1 Å². The Hall–Kier alpha value is -0.900. The number of hydrogen-bond donors (Lipinski definition) is 1. The molecule has 0 aliphatic carbocycles. The zero-order valence-corrected chi connectivity index (χ0v) is 8.20. The lowest BCUT2D eigenvalue weighted by Crippen LogP contribution is -2.32. The molecule has 0 radical (unpaired) electrons. The average molecular weight is 180 g/mol. The fraction of sp³-hybridized carbons (Fsp3) is 0.778. The highest BCUT2D eigenvalue weighted by Crippen LogP contribution is 2.15. The molecule has 2 rings (SSSR count). The Balaban J connectivity index is 2.28. The van der Waals surface area contributed by atoms with Gasteiger partial charge in [-0.3, -0.25) is 0 Å². The van der Waals surface area contributed by atoms with Crippen molar-refractivity contribution in [2.75, 3.05) is 0 Å². The molecule has 0 aromatic carbocycles. The van der Waals surface area contributed by atoms with Crippen molar-refractivity contribution < 1.29 is 0 Å². The molecule has 1 atom stereocenters. The summed E-state index contributed by atoms with van der Waals surface area (Å²) in [5.41, 5.74) is 5.85. The van der Waals surface area contributed by atoms with Gasteiger partial charge in [0.05, 0.1) is 6.54 Å². The molecule has 0 spiro atoms. The Morgan fingerprint density at radius 3 is 3.00 bits per heavy atom. The topological polar surface area (TPSA) is 56.7 Å². The van der Waals surface area contributed by atoms with Gasteiger partial charge in [-0.2, -0.15) is 5.10 Å². The van der Waals surface area contributed by atoms with Crippen molar-refractivity contribution in [3.05, 3.63) is 11.6 Å². The Morgan fingerprint density at radius 1 is 1.54 bits per heavy atom. The van der Waals surface area contributed by atoms with Crippen LogP contribution in [0.4, 0.5) is 0 Å². The van der Waals surface area contributed by atoms with Gasteiger partial charge in [0.25, 0.3) is 0 Å². The van der Waals surface area contributed by atoms with E-state index in [4.69, 9.17) is 5.73 Å². The standard InChI is InChI=1S/C9H16N4/c1-6(2)9-11-8-4-3-7(10)5-13(8)12-9/h6-7H,3-5,10H2,1-2H3/t7-/m1/s1. The first-order valence-electron chi connectivity index (χ1n) is 4.86. The number of hydrogen-bond acceptors (Lipinski definition) is 3. The molecular formula is C9H16N4. The number of nitrogens with two attached hydrogens (primary N) is 1. The number of aromatic nitrogens is 3. The molecular weight excluding hydrogens is 164 g/mol. The smallest absolute Gasteiger partial charge is 0.153 e. The zero-order chi connectivity index (χ0) is 9.42. The minimum absolute atomic E-state index is 0.259. The molecule has 0 amide bonds. The summed E-state index contributed by atoms with van der Waals surface area (Å²) in [6.45, 7) is 5.05. The van der Waals surface area contributed by atoms with Crippen LogP contribution in [0.2, 0.25) is 0 Å². The Bertz CT molecular complexity index is 303. The third kappa shape index (κ3) is 1.58. The molecule has 1 aliphatic rings. The first-order chi connectivity index (χ1) is 6.16. The highest BCUT2D eigenvalue weighted by atomic mass is 15.4. The van der Waals surface area contributed by atoms with Gasteiger partial charge in [-0.25, -0.2) is 9.67 Å². The second kappa shape index (κ2) is 3.10. The minimum atomic E-state index is 0.259. The van der Waals surface area contributed by atoms with Gasteiger partial charge in [-0.05, 0) is 6.42 Å². The lowest BCUT2D eigenvalue weighted by molar-refractivity contribution is 0.420. The quantitative estimate of drug-likeness (QED) is 0.691. The Morgan fingerprint density at radius 2 is 2.31 bits per heavy atom. The van der Waals surface area contributed by atoms with Gasteiger partial charge in [0.15, 0.2) is 5.82 Å². The first kappa shape index (κ1) is 8.69. The van der Waals surface area contributed by atoms with Gasteiger partial charge < -0.3 is 5.73 Å². The van der Waals surface area contributed by atoms with E-state index < -0.39 is 0 Å². The Kier molecular flexibility index (Phi) is 2.07. The maximum absolute atomic E-state index is 5.85. The second-order valence-corrected chi connectivity index (χ2v) is 4.02. The van der Waals surface area contributed by atoms with Crippen molar-refractivity contribution in [1.82, 2.24) is 14.8 Å². The van der Waals surface area contributed by atoms with Gasteiger partial charge >= 0.3 is 0 Å². The lowest BCUT2D eigenvalue weighted by atomic mass is 10.1. The fourth-order valence-electron chi connectivity index (χ4n) is 1.60. The van der Waals surface area contributed by atoms with E-state index in [9.17, 15) is 0 Å². The maximum Gasteiger partial charge on any atom is 0.153 e. The van der Waals surface area contributed by atoms with Crippen LogP contribution in [0.3, 0.4) is 0 Å². The highest BCUT2D eigenvalue weighted by molar-refractivity contribution is 5.00. The van der Waals surface area contributed by atoms with E-state index in [0.29, 0.717) is 5.92 Å². The van der Waals surface area contributed by atoms with Crippen LogP contribution >= 0.6 is 0 Å². The normalized spacial score (nSPS) is 22.0. The van der Waals surface area contributed by atoms with E-state index in [1.54, 1.807) is 0 Å². The molecule has 1 aromatic rings. The summed E-state index contributed by atoms with van der Waals surface area (Å²) in [5, 5.41) is 4.43. The second-order valence-electron chi connectivity index (χ2n) is 4.02. The molecule has 13 heavy (non-hydrogen) atoms. The molecule has 1 aromatic heterocycles. The summed E-state index contributed by atoms with van der Waals surface area (Å²) in [6, 6.07) is 0.259. The van der Waals surface area contributed by atoms with Crippen LogP contribution in [-0.4, -0.2) is 20.8 Å². The highest BCUT2D eigenvalue weighted by Gasteiger charge is 2.19. The predicted octanol–water partition coefficient (Wildman–Crippen LogP) is 0.675. The maximum atomic E-state index is 5.85. The van der Waals surface area contributed by atoms with E-state index in [1.807, 2.05) is 4.68 Å². The van der Waals surface area contributed by atoms with Crippen molar-refractivity contribution in [3.63, 3.8) is 0 Å². The van der Waals surface area contributed by atoms with Crippen LogP contribution in [0.5, 0.6) is 0 Å². The summed E-state index contributed by atoms with van der Waals surface area (Å²) in [5.74, 6) is 2.46. The first-order valence-corrected chi connectivity index (χ1v) is 4.86. The summed E-state index contributed by atoms with van der Waals surface area (Å²) >= 11 is 0. The lowest BCUT2D eigenvalue weighted by Gasteiger charge is -2.17. The van der Waals surface area contributed by atoms with E-state index in [-0.39, 0.29) is 6.04 Å². The van der Waals surface area contributed by atoms with E-state index in [0.717, 1.165) is 31.0 Å². The van der Waals surface area contributed by atoms with Crippen molar-refractivity contribution in [2.45, 2.75) is 45.2 Å². The summed E-state index contributed by atoms with van der Waals surface area (Å²) in [6.07, 6.45) is 2.01. The van der Waals surface area contributed by atoms with Crippen LogP contribution in [0.15, 0.2) is 0 Å². The largest absolute Gasteiger partial charge is 0.326 e. The number of rotatable bonds is 1. The number of aryl methyl sites for hydroxylation is 1. The minimum Gasteiger partial charge on any atom is -0.326 e. The predicted molar refractivity (Wildman–Crippen MR) is 50.4 cm³/mol.